The van der Waals surface area contributed by atoms with Crippen LogP contribution in [0, 0.1) is 0 Å². The van der Waals surface area contributed by atoms with Gasteiger partial charge in [0.1, 0.15) is 11.2 Å². The zero-order valence-electron chi connectivity index (χ0n) is 21.9. The summed E-state index contributed by atoms with van der Waals surface area (Å²) in [6, 6.07) is 34.9. The predicted molar refractivity (Wildman–Crippen MR) is 166 cm³/mol. The van der Waals surface area contributed by atoms with E-state index in [1.54, 1.807) is 0 Å². The van der Waals surface area contributed by atoms with Crippen LogP contribution in [0.4, 0.5) is 0 Å². The molecule has 0 spiro atoms. The monoisotopic (exact) mass is 523 g/mol. The smallest absolute Gasteiger partial charge is 0.146 e. The lowest BCUT2D eigenvalue weighted by Crippen LogP contribution is -1.97. The van der Waals surface area contributed by atoms with Crippen LogP contribution < -0.4 is 0 Å². The number of hydrogen-bond acceptors (Lipinski definition) is 3. The van der Waals surface area contributed by atoms with Crippen molar-refractivity contribution in [3.63, 3.8) is 0 Å². The molecule has 0 saturated heterocycles. The van der Waals surface area contributed by atoms with Gasteiger partial charge in [-0.1, -0.05) is 54.6 Å². The number of hydrogen-bond donors (Lipinski definition) is 0. The van der Waals surface area contributed by atoms with E-state index in [-0.39, 0.29) is 0 Å². The lowest BCUT2D eigenvalue weighted by Gasteiger charge is -2.13. The Morgan fingerprint density at radius 3 is 2.46 bits per heavy atom. The molecule has 0 unspecified atom stereocenters. The minimum Gasteiger partial charge on any atom is -0.309 e. The first kappa shape index (κ1) is 21.3. The molecule has 5 aromatic heterocycles. The number of rotatable bonds is 1. The molecule has 0 amide bonds. The van der Waals surface area contributed by atoms with Gasteiger partial charge in [0.2, 0.25) is 0 Å². The molecule has 0 atom stereocenters. The van der Waals surface area contributed by atoms with Gasteiger partial charge in [-0.15, -0.1) is 0 Å². The number of nitrogens with zero attached hydrogens (tertiary/aromatic N) is 5. The largest absolute Gasteiger partial charge is 0.309 e. The van der Waals surface area contributed by atoms with Crippen molar-refractivity contribution in [2.75, 3.05) is 0 Å². The number of pyridine rings is 3. The highest BCUT2D eigenvalue weighted by Gasteiger charge is 2.26. The van der Waals surface area contributed by atoms with Gasteiger partial charge in [0.05, 0.1) is 33.8 Å². The van der Waals surface area contributed by atoms with Crippen LogP contribution >= 0.6 is 0 Å². The maximum absolute atomic E-state index is 5.10. The van der Waals surface area contributed by atoms with Gasteiger partial charge in [0.25, 0.3) is 0 Å². The fraction of sp³-hybridized carbons (Fsp3) is 0.0278. The summed E-state index contributed by atoms with van der Waals surface area (Å²) in [6.07, 6.45) is 6.51. The molecule has 0 fully saturated rings. The lowest BCUT2D eigenvalue weighted by atomic mass is 9.99. The molecule has 0 saturated carbocycles. The van der Waals surface area contributed by atoms with Gasteiger partial charge in [0.15, 0.2) is 0 Å². The van der Waals surface area contributed by atoms with Gasteiger partial charge in [-0.25, -0.2) is 4.98 Å². The molecule has 5 heteroatoms. The summed E-state index contributed by atoms with van der Waals surface area (Å²) in [5, 5.41) is 4.77. The second kappa shape index (κ2) is 7.55. The van der Waals surface area contributed by atoms with Crippen molar-refractivity contribution in [2.24, 2.45) is 0 Å². The Balaban J connectivity index is 1.49. The van der Waals surface area contributed by atoms with Crippen LogP contribution in [0.5, 0.6) is 0 Å². The Morgan fingerprint density at radius 2 is 1.51 bits per heavy atom. The Morgan fingerprint density at radius 1 is 0.634 bits per heavy atom. The number of aromatic nitrogens is 5. The quantitative estimate of drug-likeness (QED) is 0.204. The second-order valence-corrected chi connectivity index (χ2v) is 10.9. The molecule has 5 heterocycles. The van der Waals surface area contributed by atoms with Crippen molar-refractivity contribution >= 4 is 60.3 Å². The molecule has 190 valence electrons. The van der Waals surface area contributed by atoms with Crippen LogP contribution in [-0.2, 0) is 6.42 Å². The Hall–Kier alpha value is -5.55. The summed E-state index contributed by atoms with van der Waals surface area (Å²) >= 11 is 0. The molecular weight excluding hydrogens is 502 g/mol. The van der Waals surface area contributed by atoms with E-state index in [0.717, 1.165) is 50.6 Å². The average molecular weight is 524 g/mol. The average Bonchev–Trinajstić information content (AvgIpc) is 3.71. The van der Waals surface area contributed by atoms with Gasteiger partial charge in [-0.2, -0.15) is 0 Å². The van der Waals surface area contributed by atoms with E-state index in [2.05, 4.69) is 98.9 Å². The van der Waals surface area contributed by atoms with E-state index < -0.39 is 0 Å². The molecule has 10 rings (SSSR count). The highest BCUT2D eigenvalue weighted by Crippen LogP contribution is 2.47. The Labute approximate surface area is 234 Å². The minimum atomic E-state index is 0.879. The third-order valence-electron chi connectivity index (χ3n) is 8.85. The van der Waals surface area contributed by atoms with Gasteiger partial charge in [0, 0.05) is 39.6 Å². The first-order valence-electron chi connectivity index (χ1n) is 13.9. The predicted octanol–water partition coefficient (Wildman–Crippen LogP) is 8.25. The SMILES string of the molecule is c1ccc(-n2c3ccc4c(c3c3ccc5c(c6ncccc6n6c7ccncc7nc56)c32)Cc2ccccc2-4)cc1. The van der Waals surface area contributed by atoms with Crippen molar-refractivity contribution in [1.29, 1.82) is 0 Å². The summed E-state index contributed by atoms with van der Waals surface area (Å²) in [7, 11) is 0. The zero-order valence-corrected chi connectivity index (χ0v) is 21.9. The minimum absolute atomic E-state index is 0.879. The van der Waals surface area contributed by atoms with Crippen molar-refractivity contribution < 1.29 is 0 Å². The second-order valence-electron chi connectivity index (χ2n) is 10.9. The molecule has 1 aliphatic carbocycles. The molecule has 0 bridgehead atoms. The van der Waals surface area contributed by atoms with E-state index in [0.29, 0.717) is 0 Å². The lowest BCUT2D eigenvalue weighted by molar-refractivity contribution is 1.18. The topological polar surface area (TPSA) is 48.0 Å². The van der Waals surface area contributed by atoms with Crippen LogP contribution in [0.1, 0.15) is 11.1 Å². The van der Waals surface area contributed by atoms with E-state index in [9.17, 15) is 0 Å². The van der Waals surface area contributed by atoms with Gasteiger partial charge < -0.3 is 4.57 Å². The van der Waals surface area contributed by atoms with Crippen LogP contribution in [0.3, 0.4) is 0 Å². The number of para-hydroxylation sites is 1. The third kappa shape index (κ3) is 2.63. The van der Waals surface area contributed by atoms with E-state index in [1.807, 2.05) is 30.7 Å². The first-order chi connectivity index (χ1) is 20.4. The fourth-order valence-corrected chi connectivity index (χ4v) is 7.23. The molecule has 1 aliphatic rings. The maximum atomic E-state index is 5.10. The van der Waals surface area contributed by atoms with Crippen LogP contribution in [-0.4, -0.2) is 23.9 Å². The highest BCUT2D eigenvalue weighted by molar-refractivity contribution is 6.28. The summed E-state index contributed by atoms with van der Waals surface area (Å²) in [6.45, 7) is 0. The third-order valence-corrected chi connectivity index (χ3v) is 8.85. The molecule has 0 radical (unpaired) electrons. The molecule has 9 aromatic rings. The number of fused-ring (bicyclic) bond motifs is 16. The first-order valence-corrected chi connectivity index (χ1v) is 13.9. The maximum Gasteiger partial charge on any atom is 0.146 e. The normalized spacial score (nSPS) is 12.8. The molecular formula is C36H21N5. The van der Waals surface area contributed by atoms with Crippen LogP contribution in [0.25, 0.3) is 77.1 Å². The van der Waals surface area contributed by atoms with Crippen LogP contribution in [0.15, 0.2) is 116 Å². The van der Waals surface area contributed by atoms with E-state index >= 15 is 0 Å². The van der Waals surface area contributed by atoms with E-state index in [1.165, 1.54) is 44.1 Å². The highest BCUT2D eigenvalue weighted by atomic mass is 15.0. The molecule has 4 aromatic carbocycles. The van der Waals surface area contributed by atoms with E-state index in [4.69, 9.17) is 9.97 Å². The van der Waals surface area contributed by atoms with Crippen molar-refractivity contribution in [3.8, 4) is 16.8 Å². The van der Waals surface area contributed by atoms with Gasteiger partial charge >= 0.3 is 0 Å². The fourth-order valence-electron chi connectivity index (χ4n) is 7.23. The summed E-state index contributed by atoms with van der Waals surface area (Å²) in [5.74, 6) is 0. The summed E-state index contributed by atoms with van der Waals surface area (Å²) in [4.78, 5) is 14.5. The van der Waals surface area contributed by atoms with Crippen molar-refractivity contribution in [3.05, 3.63) is 127 Å². The standard InChI is InChI=1S/C36H21N5/c1-2-8-22(9-3-1)40-30-15-14-24-23-10-5-4-7-21(23)19-27(24)32(30)25-12-13-26-33(35(25)40)34-31(11-6-17-38-34)41-29-16-18-37-20-28(29)39-36(26)41/h1-18,20H,19H2. The zero-order chi connectivity index (χ0) is 26.7. The van der Waals surface area contributed by atoms with Gasteiger partial charge in [-0.3, -0.25) is 14.4 Å². The van der Waals surface area contributed by atoms with Crippen molar-refractivity contribution in [2.45, 2.75) is 6.42 Å². The Bertz CT molecular complexity index is 2550. The molecule has 41 heavy (non-hydrogen) atoms. The number of imidazole rings is 1. The summed E-state index contributed by atoms with van der Waals surface area (Å²) < 4.78 is 4.67. The molecule has 5 nitrogen and oxygen atoms in total. The van der Waals surface area contributed by atoms with Crippen LogP contribution in [0.2, 0.25) is 0 Å². The molecule has 0 aliphatic heterocycles. The summed E-state index contributed by atoms with van der Waals surface area (Å²) in [5.41, 5.74) is 13.8. The molecule has 0 N–H and O–H groups in total. The number of benzene rings is 4. The Kier molecular flexibility index (Phi) is 3.92. The van der Waals surface area contributed by atoms with Gasteiger partial charge in [-0.05, 0) is 71.1 Å². The van der Waals surface area contributed by atoms with Crippen molar-refractivity contribution in [1.82, 2.24) is 23.9 Å².